The highest BCUT2D eigenvalue weighted by Gasteiger charge is 2.18. The fourth-order valence-electron chi connectivity index (χ4n) is 2.30. The molecule has 1 saturated heterocycles. The van der Waals surface area contributed by atoms with Gasteiger partial charge in [-0.3, -0.25) is 4.79 Å². The standard InChI is InChI=1S/C15H21NO3/c1-11-6-7-14(18-2)13(9-11)16-15(17)10-12-5-3-4-8-19-12/h6-7,9,12H,3-5,8,10H2,1-2H3,(H,16,17). The number of nitrogens with one attached hydrogen (secondary N) is 1. The van der Waals surface area contributed by atoms with Gasteiger partial charge in [0.25, 0.3) is 0 Å². The molecule has 19 heavy (non-hydrogen) atoms. The van der Waals surface area contributed by atoms with E-state index in [-0.39, 0.29) is 12.0 Å². The van der Waals surface area contributed by atoms with Gasteiger partial charge in [-0.25, -0.2) is 0 Å². The molecule has 1 aliphatic rings. The van der Waals surface area contributed by atoms with E-state index in [0.29, 0.717) is 12.2 Å². The molecule has 0 aromatic heterocycles. The molecule has 1 unspecified atom stereocenters. The van der Waals surface area contributed by atoms with Crippen LogP contribution in [0.15, 0.2) is 18.2 Å². The Morgan fingerprint density at radius 3 is 3.00 bits per heavy atom. The normalized spacial score (nSPS) is 18.9. The van der Waals surface area contributed by atoms with Gasteiger partial charge in [0.2, 0.25) is 5.91 Å². The van der Waals surface area contributed by atoms with E-state index < -0.39 is 0 Å². The van der Waals surface area contributed by atoms with E-state index in [4.69, 9.17) is 9.47 Å². The number of hydrogen-bond donors (Lipinski definition) is 1. The molecule has 0 radical (unpaired) electrons. The van der Waals surface area contributed by atoms with Crippen LogP contribution in [-0.2, 0) is 9.53 Å². The highest BCUT2D eigenvalue weighted by molar-refractivity contribution is 5.92. The maximum Gasteiger partial charge on any atom is 0.227 e. The Bertz CT molecular complexity index is 439. The van der Waals surface area contributed by atoms with Crippen molar-refractivity contribution in [1.82, 2.24) is 0 Å². The first-order chi connectivity index (χ1) is 9.19. The Hall–Kier alpha value is -1.55. The second-order valence-corrected chi connectivity index (χ2v) is 4.94. The summed E-state index contributed by atoms with van der Waals surface area (Å²) in [6.07, 6.45) is 3.69. The van der Waals surface area contributed by atoms with Crippen molar-refractivity contribution >= 4 is 11.6 Å². The third kappa shape index (κ3) is 3.96. The minimum atomic E-state index is -0.0178. The van der Waals surface area contributed by atoms with Gasteiger partial charge in [-0.05, 0) is 43.9 Å². The van der Waals surface area contributed by atoms with Crippen molar-refractivity contribution in [1.29, 1.82) is 0 Å². The van der Waals surface area contributed by atoms with Gasteiger partial charge in [0.1, 0.15) is 5.75 Å². The Kier molecular flexibility index (Phi) is 4.80. The van der Waals surface area contributed by atoms with E-state index in [1.807, 2.05) is 25.1 Å². The lowest BCUT2D eigenvalue weighted by Gasteiger charge is -2.22. The SMILES string of the molecule is COc1ccc(C)cc1NC(=O)CC1CCCCO1. The predicted molar refractivity (Wildman–Crippen MR) is 74.6 cm³/mol. The number of hydrogen-bond acceptors (Lipinski definition) is 3. The third-order valence-corrected chi connectivity index (χ3v) is 3.32. The smallest absolute Gasteiger partial charge is 0.227 e. The molecule has 1 N–H and O–H groups in total. The molecule has 1 heterocycles. The van der Waals surface area contributed by atoms with Gasteiger partial charge >= 0.3 is 0 Å². The molecule has 104 valence electrons. The summed E-state index contributed by atoms with van der Waals surface area (Å²) in [6.45, 7) is 2.76. The number of carbonyl (C=O) groups is 1. The zero-order valence-corrected chi connectivity index (χ0v) is 11.6. The first-order valence-corrected chi connectivity index (χ1v) is 6.75. The zero-order chi connectivity index (χ0) is 13.7. The second-order valence-electron chi connectivity index (χ2n) is 4.94. The lowest BCUT2D eigenvalue weighted by Crippen LogP contribution is -2.25. The van der Waals surface area contributed by atoms with Crippen LogP contribution in [0.25, 0.3) is 0 Å². The molecule has 0 spiro atoms. The van der Waals surface area contributed by atoms with Crippen LogP contribution in [0.5, 0.6) is 5.75 Å². The number of carbonyl (C=O) groups excluding carboxylic acids is 1. The molecule has 1 aromatic carbocycles. The molecule has 4 heteroatoms. The number of benzene rings is 1. The lowest BCUT2D eigenvalue weighted by atomic mass is 10.1. The Morgan fingerprint density at radius 1 is 1.47 bits per heavy atom. The average Bonchev–Trinajstić information content (AvgIpc) is 2.40. The third-order valence-electron chi connectivity index (χ3n) is 3.32. The summed E-state index contributed by atoms with van der Waals surface area (Å²) >= 11 is 0. The number of anilines is 1. The molecular weight excluding hydrogens is 242 g/mol. The van der Waals surface area contributed by atoms with Crippen LogP contribution in [0.2, 0.25) is 0 Å². The monoisotopic (exact) mass is 263 g/mol. The van der Waals surface area contributed by atoms with Crippen molar-refractivity contribution in [2.24, 2.45) is 0 Å². The van der Waals surface area contributed by atoms with Gasteiger partial charge in [0.05, 0.1) is 25.3 Å². The summed E-state index contributed by atoms with van der Waals surface area (Å²) in [5.41, 5.74) is 1.81. The zero-order valence-electron chi connectivity index (χ0n) is 11.6. The van der Waals surface area contributed by atoms with Crippen LogP contribution in [0.1, 0.15) is 31.2 Å². The quantitative estimate of drug-likeness (QED) is 0.908. The van der Waals surface area contributed by atoms with Crippen molar-refractivity contribution in [2.45, 2.75) is 38.7 Å². The summed E-state index contributed by atoms with van der Waals surface area (Å²) in [5.74, 6) is 0.666. The van der Waals surface area contributed by atoms with Crippen molar-refractivity contribution < 1.29 is 14.3 Å². The molecule has 1 aromatic rings. The van der Waals surface area contributed by atoms with Crippen molar-refractivity contribution in [2.75, 3.05) is 19.0 Å². The summed E-state index contributed by atoms with van der Waals surface area (Å²) in [7, 11) is 1.60. The van der Waals surface area contributed by atoms with Gasteiger partial charge in [0, 0.05) is 6.61 Å². The van der Waals surface area contributed by atoms with E-state index in [2.05, 4.69) is 5.32 Å². The number of methoxy groups -OCH3 is 1. The Morgan fingerprint density at radius 2 is 2.32 bits per heavy atom. The van der Waals surface area contributed by atoms with Crippen LogP contribution in [-0.4, -0.2) is 25.7 Å². The fourth-order valence-corrected chi connectivity index (χ4v) is 2.30. The Balaban J connectivity index is 1.95. The van der Waals surface area contributed by atoms with E-state index in [1.165, 1.54) is 0 Å². The first kappa shape index (κ1) is 13.9. The summed E-state index contributed by atoms with van der Waals surface area (Å²) in [4.78, 5) is 12.0. The molecule has 4 nitrogen and oxygen atoms in total. The van der Waals surface area contributed by atoms with E-state index in [9.17, 15) is 4.79 Å². The van der Waals surface area contributed by atoms with Gasteiger partial charge < -0.3 is 14.8 Å². The van der Waals surface area contributed by atoms with Crippen LogP contribution >= 0.6 is 0 Å². The number of aryl methyl sites for hydroxylation is 1. The molecule has 1 amide bonds. The summed E-state index contributed by atoms with van der Waals surface area (Å²) < 4.78 is 10.8. The molecule has 0 aliphatic carbocycles. The second kappa shape index (κ2) is 6.57. The summed E-state index contributed by atoms with van der Waals surface area (Å²) in [6, 6.07) is 5.74. The van der Waals surface area contributed by atoms with Crippen molar-refractivity contribution in [3.05, 3.63) is 23.8 Å². The molecule has 1 fully saturated rings. The lowest BCUT2D eigenvalue weighted by molar-refractivity contribution is -0.119. The van der Waals surface area contributed by atoms with Gasteiger partial charge in [-0.15, -0.1) is 0 Å². The Labute approximate surface area is 114 Å². The largest absolute Gasteiger partial charge is 0.495 e. The number of ether oxygens (including phenoxy) is 2. The molecule has 0 saturated carbocycles. The maximum absolute atomic E-state index is 12.0. The molecule has 0 bridgehead atoms. The van der Waals surface area contributed by atoms with Crippen LogP contribution in [0.4, 0.5) is 5.69 Å². The van der Waals surface area contributed by atoms with Gasteiger partial charge in [0.15, 0.2) is 0 Å². The predicted octanol–water partition coefficient (Wildman–Crippen LogP) is 2.90. The molecule has 1 atom stereocenters. The highest BCUT2D eigenvalue weighted by atomic mass is 16.5. The van der Waals surface area contributed by atoms with Crippen molar-refractivity contribution in [3.63, 3.8) is 0 Å². The van der Waals surface area contributed by atoms with E-state index in [0.717, 1.165) is 37.1 Å². The molecule has 2 rings (SSSR count). The fraction of sp³-hybridized carbons (Fsp3) is 0.533. The minimum Gasteiger partial charge on any atom is -0.495 e. The molecule has 1 aliphatic heterocycles. The van der Waals surface area contributed by atoms with Gasteiger partial charge in [-0.2, -0.15) is 0 Å². The number of amides is 1. The minimum absolute atomic E-state index is 0.0178. The summed E-state index contributed by atoms with van der Waals surface area (Å²) in [5, 5.41) is 2.91. The average molecular weight is 263 g/mol. The highest BCUT2D eigenvalue weighted by Crippen LogP contribution is 2.26. The maximum atomic E-state index is 12.0. The van der Waals surface area contributed by atoms with Crippen LogP contribution < -0.4 is 10.1 Å². The van der Waals surface area contributed by atoms with Gasteiger partial charge in [-0.1, -0.05) is 6.07 Å². The first-order valence-electron chi connectivity index (χ1n) is 6.75. The van der Waals surface area contributed by atoms with E-state index in [1.54, 1.807) is 7.11 Å². The van der Waals surface area contributed by atoms with Crippen LogP contribution in [0.3, 0.4) is 0 Å². The molecular formula is C15H21NO3. The topological polar surface area (TPSA) is 47.6 Å². The number of rotatable bonds is 4. The van der Waals surface area contributed by atoms with Crippen molar-refractivity contribution in [3.8, 4) is 5.75 Å². The van der Waals surface area contributed by atoms with E-state index >= 15 is 0 Å². The van der Waals surface area contributed by atoms with Crippen LogP contribution in [0, 0.1) is 6.92 Å².